The minimum absolute atomic E-state index is 1.11. The van der Waals surface area contributed by atoms with Crippen LogP contribution >= 0.6 is 0 Å². The summed E-state index contributed by atoms with van der Waals surface area (Å²) < 4.78 is 0. The van der Waals surface area contributed by atoms with Crippen LogP contribution in [0.15, 0.2) is 18.2 Å². The summed E-state index contributed by atoms with van der Waals surface area (Å²) in [6.45, 7) is 4.49. The Balaban J connectivity index is 2.19. The number of rotatable bonds is 2. The first kappa shape index (κ1) is 11.3. The van der Waals surface area contributed by atoms with Crippen molar-refractivity contribution in [3.8, 4) is 0 Å². The van der Waals surface area contributed by atoms with Crippen molar-refractivity contribution < 1.29 is 0 Å². The maximum atomic E-state index is 3.18. The quantitative estimate of drug-likeness (QED) is 0.741. The van der Waals surface area contributed by atoms with E-state index in [1.165, 1.54) is 11.4 Å². The summed E-state index contributed by atoms with van der Waals surface area (Å²) in [7, 11) is 6.37. The van der Waals surface area contributed by atoms with Gasteiger partial charge in [-0.3, -0.25) is 0 Å². The SMILES string of the molecule is CN1CCN(c2c[c]ccc2N(C)C)CC1. The fourth-order valence-corrected chi connectivity index (χ4v) is 2.09. The van der Waals surface area contributed by atoms with E-state index >= 15 is 0 Å². The average Bonchev–Trinajstić information content (AvgIpc) is 2.30. The van der Waals surface area contributed by atoms with Crippen molar-refractivity contribution >= 4 is 11.4 Å². The lowest BCUT2D eigenvalue weighted by molar-refractivity contribution is 0.313. The van der Waals surface area contributed by atoms with Crippen molar-refractivity contribution in [3.63, 3.8) is 0 Å². The Hall–Kier alpha value is -1.22. The van der Waals surface area contributed by atoms with Gasteiger partial charge in [0.25, 0.3) is 0 Å². The molecule has 0 aromatic heterocycles. The Bertz CT molecular complexity index is 341. The fraction of sp³-hybridized carbons (Fsp3) is 0.538. The van der Waals surface area contributed by atoms with Crippen LogP contribution in [-0.2, 0) is 0 Å². The molecule has 0 bridgehead atoms. The third-order valence-corrected chi connectivity index (χ3v) is 3.15. The molecule has 3 heteroatoms. The monoisotopic (exact) mass is 218 g/mol. The van der Waals surface area contributed by atoms with E-state index in [0.29, 0.717) is 0 Å². The topological polar surface area (TPSA) is 9.72 Å². The summed E-state index contributed by atoms with van der Waals surface area (Å²) >= 11 is 0. The minimum atomic E-state index is 1.11. The Morgan fingerprint density at radius 2 is 1.88 bits per heavy atom. The van der Waals surface area contributed by atoms with Gasteiger partial charge in [-0.25, -0.2) is 0 Å². The standard InChI is InChI=1S/C13H20N3/c1-14(2)12-6-4-5-7-13(12)16-10-8-15(3)9-11-16/h4,6-7H,8-11H2,1-3H3. The van der Waals surface area contributed by atoms with Gasteiger partial charge in [0, 0.05) is 40.3 Å². The molecule has 1 aromatic rings. The highest BCUT2D eigenvalue weighted by atomic mass is 15.3. The molecule has 1 aromatic carbocycles. The molecule has 0 amide bonds. The molecule has 1 saturated heterocycles. The molecule has 0 aliphatic carbocycles. The average molecular weight is 218 g/mol. The summed E-state index contributed by atoms with van der Waals surface area (Å²) in [6.07, 6.45) is 0. The molecule has 87 valence electrons. The summed E-state index contributed by atoms with van der Waals surface area (Å²) in [5, 5.41) is 0. The first-order chi connectivity index (χ1) is 7.68. The van der Waals surface area contributed by atoms with Crippen LogP contribution in [0.4, 0.5) is 11.4 Å². The van der Waals surface area contributed by atoms with Crippen LogP contribution in [0.2, 0.25) is 0 Å². The predicted molar refractivity (Wildman–Crippen MR) is 69.3 cm³/mol. The van der Waals surface area contributed by atoms with Crippen LogP contribution in [0.25, 0.3) is 0 Å². The van der Waals surface area contributed by atoms with Gasteiger partial charge in [0.1, 0.15) is 0 Å². The highest BCUT2D eigenvalue weighted by Crippen LogP contribution is 2.27. The van der Waals surface area contributed by atoms with Gasteiger partial charge in [-0.05, 0) is 25.2 Å². The second kappa shape index (κ2) is 4.74. The van der Waals surface area contributed by atoms with Gasteiger partial charge >= 0.3 is 0 Å². The normalized spacial score (nSPS) is 17.6. The first-order valence-electron chi connectivity index (χ1n) is 5.79. The maximum Gasteiger partial charge on any atom is 0.0611 e. The Morgan fingerprint density at radius 1 is 1.19 bits per heavy atom. The molecular formula is C13H20N3. The molecule has 2 rings (SSSR count). The minimum Gasteiger partial charge on any atom is -0.376 e. The molecule has 0 atom stereocenters. The third-order valence-electron chi connectivity index (χ3n) is 3.15. The lowest BCUT2D eigenvalue weighted by Gasteiger charge is -2.36. The second-order valence-electron chi connectivity index (χ2n) is 4.60. The van der Waals surface area contributed by atoms with Gasteiger partial charge in [0.15, 0.2) is 0 Å². The number of anilines is 2. The van der Waals surface area contributed by atoms with Crippen LogP contribution in [-0.4, -0.2) is 52.2 Å². The van der Waals surface area contributed by atoms with Gasteiger partial charge in [-0.2, -0.15) is 0 Å². The summed E-state index contributed by atoms with van der Waals surface area (Å²) in [4.78, 5) is 6.99. The Morgan fingerprint density at radius 3 is 2.50 bits per heavy atom. The van der Waals surface area contributed by atoms with Crippen molar-refractivity contribution in [3.05, 3.63) is 24.3 Å². The number of piperazine rings is 1. The summed E-state index contributed by atoms with van der Waals surface area (Å²) in [6, 6.07) is 9.39. The van der Waals surface area contributed by atoms with Gasteiger partial charge in [-0.15, -0.1) is 0 Å². The third kappa shape index (κ3) is 2.30. The lowest BCUT2D eigenvalue weighted by Crippen LogP contribution is -2.44. The zero-order valence-corrected chi connectivity index (χ0v) is 10.4. The number of nitrogens with zero attached hydrogens (tertiary/aromatic N) is 3. The molecule has 3 nitrogen and oxygen atoms in total. The van der Waals surface area contributed by atoms with E-state index in [0.717, 1.165) is 26.2 Å². The summed E-state index contributed by atoms with van der Waals surface area (Å²) in [5.41, 5.74) is 2.59. The molecule has 0 spiro atoms. The highest BCUT2D eigenvalue weighted by Gasteiger charge is 2.17. The van der Waals surface area contributed by atoms with Crippen LogP contribution in [0.1, 0.15) is 0 Å². The highest BCUT2D eigenvalue weighted by molar-refractivity contribution is 5.70. The predicted octanol–water partition coefficient (Wildman–Crippen LogP) is 1.30. The van der Waals surface area contributed by atoms with E-state index < -0.39 is 0 Å². The van der Waals surface area contributed by atoms with E-state index in [9.17, 15) is 0 Å². The van der Waals surface area contributed by atoms with Crippen molar-refractivity contribution in [1.29, 1.82) is 0 Å². The Kier molecular flexibility index (Phi) is 3.34. The van der Waals surface area contributed by atoms with Crippen LogP contribution < -0.4 is 9.80 Å². The van der Waals surface area contributed by atoms with E-state index in [1.54, 1.807) is 0 Å². The van der Waals surface area contributed by atoms with Crippen molar-refractivity contribution in [2.24, 2.45) is 0 Å². The fourth-order valence-electron chi connectivity index (χ4n) is 2.09. The van der Waals surface area contributed by atoms with Crippen LogP contribution in [0, 0.1) is 6.07 Å². The van der Waals surface area contributed by atoms with Gasteiger partial charge in [0.2, 0.25) is 0 Å². The molecule has 1 radical (unpaired) electrons. The van der Waals surface area contributed by atoms with Crippen molar-refractivity contribution in [2.75, 3.05) is 57.1 Å². The molecule has 1 aliphatic rings. The number of hydrogen-bond acceptors (Lipinski definition) is 3. The number of likely N-dealkylation sites (N-methyl/N-ethyl adjacent to an activating group) is 1. The summed E-state index contributed by atoms with van der Waals surface area (Å²) in [5.74, 6) is 0. The van der Waals surface area contributed by atoms with Crippen LogP contribution in [0.3, 0.4) is 0 Å². The molecule has 1 aliphatic heterocycles. The molecule has 0 saturated carbocycles. The molecule has 16 heavy (non-hydrogen) atoms. The second-order valence-corrected chi connectivity index (χ2v) is 4.60. The molecule has 1 heterocycles. The van der Waals surface area contributed by atoms with Gasteiger partial charge < -0.3 is 14.7 Å². The first-order valence-corrected chi connectivity index (χ1v) is 5.79. The zero-order chi connectivity index (χ0) is 11.5. The molecule has 0 unspecified atom stereocenters. The smallest absolute Gasteiger partial charge is 0.0611 e. The maximum absolute atomic E-state index is 3.18. The Labute approximate surface area is 98.3 Å². The van der Waals surface area contributed by atoms with E-state index in [4.69, 9.17) is 0 Å². The van der Waals surface area contributed by atoms with Gasteiger partial charge in [0.05, 0.1) is 11.4 Å². The van der Waals surface area contributed by atoms with Crippen LogP contribution in [0.5, 0.6) is 0 Å². The van der Waals surface area contributed by atoms with E-state index in [1.807, 2.05) is 6.07 Å². The molecule has 1 fully saturated rings. The van der Waals surface area contributed by atoms with E-state index in [2.05, 4.69) is 54.0 Å². The largest absolute Gasteiger partial charge is 0.376 e. The van der Waals surface area contributed by atoms with Gasteiger partial charge in [-0.1, -0.05) is 6.07 Å². The lowest BCUT2D eigenvalue weighted by atomic mass is 10.2. The number of hydrogen-bond donors (Lipinski definition) is 0. The molecule has 0 N–H and O–H groups in total. The number of benzene rings is 1. The van der Waals surface area contributed by atoms with Crippen molar-refractivity contribution in [2.45, 2.75) is 0 Å². The van der Waals surface area contributed by atoms with E-state index in [-0.39, 0.29) is 0 Å². The van der Waals surface area contributed by atoms with Crippen molar-refractivity contribution in [1.82, 2.24) is 4.90 Å². The zero-order valence-electron chi connectivity index (χ0n) is 10.4. The molecular weight excluding hydrogens is 198 g/mol.